The van der Waals surface area contributed by atoms with Gasteiger partial charge in [0.25, 0.3) is 5.91 Å². The summed E-state index contributed by atoms with van der Waals surface area (Å²) in [6.07, 6.45) is 0.988. The molecular weight excluding hydrogens is 324 g/mol. The van der Waals surface area contributed by atoms with Gasteiger partial charge in [0.15, 0.2) is 0 Å². The van der Waals surface area contributed by atoms with E-state index >= 15 is 0 Å². The maximum Gasteiger partial charge on any atom is 0.344 e. The molecule has 1 amide bonds. The minimum atomic E-state index is -4.28. The highest BCUT2D eigenvalue weighted by atomic mass is 31.2. The Morgan fingerprint density at radius 2 is 2.22 bits per heavy atom. The first kappa shape index (κ1) is 17.7. The standard InChI is InChI=1S/C15H19FNO5P/c1-2-11(8-16)9-22-13-3-4-14-12(7-13)5-6-17(15(14)18)10-23(19,20)21/h3-4,7-8H,2,5-6,9-10H2,1H3,(H2,19,20,21)/b11-8+. The van der Waals surface area contributed by atoms with Gasteiger partial charge in [0.1, 0.15) is 18.6 Å². The number of rotatable bonds is 6. The van der Waals surface area contributed by atoms with Crippen LogP contribution < -0.4 is 4.74 Å². The Morgan fingerprint density at radius 3 is 2.83 bits per heavy atom. The van der Waals surface area contributed by atoms with Gasteiger partial charge in [-0.05, 0) is 42.2 Å². The van der Waals surface area contributed by atoms with E-state index in [1.54, 1.807) is 18.2 Å². The fraction of sp³-hybridized carbons (Fsp3) is 0.400. The summed E-state index contributed by atoms with van der Waals surface area (Å²) in [6, 6.07) is 4.89. The van der Waals surface area contributed by atoms with E-state index in [1.807, 2.05) is 6.92 Å². The fourth-order valence-electron chi connectivity index (χ4n) is 2.35. The molecule has 1 aliphatic rings. The normalized spacial score (nSPS) is 15.6. The van der Waals surface area contributed by atoms with E-state index in [1.165, 1.54) is 0 Å². The highest BCUT2D eigenvalue weighted by Gasteiger charge is 2.29. The maximum atomic E-state index is 12.5. The molecule has 126 valence electrons. The molecule has 0 spiro atoms. The number of carbonyl (C=O) groups excluding carboxylic acids is 1. The molecule has 0 fully saturated rings. The van der Waals surface area contributed by atoms with Gasteiger partial charge < -0.3 is 19.4 Å². The third-order valence-corrected chi connectivity index (χ3v) is 4.34. The number of fused-ring (bicyclic) bond motifs is 1. The smallest absolute Gasteiger partial charge is 0.344 e. The first-order valence-corrected chi connectivity index (χ1v) is 9.01. The van der Waals surface area contributed by atoms with Crippen molar-refractivity contribution in [2.75, 3.05) is 19.4 Å². The molecule has 0 atom stereocenters. The average Bonchev–Trinajstić information content (AvgIpc) is 2.50. The summed E-state index contributed by atoms with van der Waals surface area (Å²) >= 11 is 0. The lowest BCUT2D eigenvalue weighted by atomic mass is 9.99. The molecule has 1 aromatic carbocycles. The molecule has 1 aromatic rings. The van der Waals surface area contributed by atoms with Gasteiger partial charge in [-0.15, -0.1) is 0 Å². The van der Waals surface area contributed by atoms with Crippen LogP contribution in [0.4, 0.5) is 4.39 Å². The van der Waals surface area contributed by atoms with Crippen molar-refractivity contribution < 1.29 is 28.3 Å². The predicted molar refractivity (Wildman–Crippen MR) is 83.1 cm³/mol. The van der Waals surface area contributed by atoms with E-state index in [-0.39, 0.29) is 13.2 Å². The van der Waals surface area contributed by atoms with Crippen LogP contribution in [-0.4, -0.2) is 40.0 Å². The van der Waals surface area contributed by atoms with Gasteiger partial charge in [-0.1, -0.05) is 6.92 Å². The van der Waals surface area contributed by atoms with Crippen LogP contribution in [0.5, 0.6) is 5.75 Å². The van der Waals surface area contributed by atoms with Crippen LogP contribution in [0, 0.1) is 0 Å². The Kier molecular flexibility index (Phi) is 5.57. The molecular formula is C15H19FNO5P. The maximum absolute atomic E-state index is 12.5. The first-order valence-electron chi connectivity index (χ1n) is 7.21. The molecule has 1 heterocycles. The summed E-state index contributed by atoms with van der Waals surface area (Å²) in [4.78, 5) is 31.4. The zero-order valence-electron chi connectivity index (χ0n) is 12.7. The van der Waals surface area contributed by atoms with Crippen molar-refractivity contribution in [1.29, 1.82) is 0 Å². The van der Waals surface area contributed by atoms with Crippen molar-refractivity contribution in [1.82, 2.24) is 4.90 Å². The zero-order chi connectivity index (χ0) is 17.0. The Labute approximate surface area is 133 Å². The number of hydrogen-bond acceptors (Lipinski definition) is 3. The Morgan fingerprint density at radius 1 is 1.48 bits per heavy atom. The van der Waals surface area contributed by atoms with Crippen LogP contribution in [0.1, 0.15) is 29.3 Å². The molecule has 23 heavy (non-hydrogen) atoms. The van der Waals surface area contributed by atoms with Crippen LogP contribution in [0.15, 0.2) is 30.1 Å². The first-order chi connectivity index (χ1) is 10.8. The van der Waals surface area contributed by atoms with Crippen LogP contribution >= 0.6 is 7.60 Å². The van der Waals surface area contributed by atoms with E-state index in [4.69, 9.17) is 14.5 Å². The quantitative estimate of drug-likeness (QED) is 0.775. The molecule has 0 bridgehead atoms. The zero-order valence-corrected chi connectivity index (χ0v) is 13.6. The molecule has 0 unspecified atom stereocenters. The lowest BCUT2D eigenvalue weighted by Crippen LogP contribution is -2.38. The minimum Gasteiger partial charge on any atom is -0.489 e. The van der Waals surface area contributed by atoms with Gasteiger partial charge >= 0.3 is 7.60 Å². The van der Waals surface area contributed by atoms with Gasteiger partial charge in [-0.25, -0.2) is 4.39 Å². The van der Waals surface area contributed by atoms with Crippen molar-refractivity contribution in [3.05, 3.63) is 41.2 Å². The molecule has 8 heteroatoms. The van der Waals surface area contributed by atoms with Gasteiger partial charge in [0.2, 0.25) is 0 Å². The molecule has 2 N–H and O–H groups in total. The van der Waals surface area contributed by atoms with Crippen LogP contribution in [-0.2, 0) is 11.0 Å². The fourth-order valence-corrected chi connectivity index (χ4v) is 3.06. The predicted octanol–water partition coefficient (Wildman–Crippen LogP) is 2.46. The monoisotopic (exact) mass is 343 g/mol. The van der Waals surface area contributed by atoms with Gasteiger partial charge in [-0.2, -0.15) is 0 Å². The molecule has 0 aromatic heterocycles. The summed E-state index contributed by atoms with van der Waals surface area (Å²) in [5.74, 6) is 0.131. The van der Waals surface area contributed by atoms with Crippen LogP contribution in [0.2, 0.25) is 0 Å². The molecule has 2 rings (SSSR count). The average molecular weight is 343 g/mol. The second kappa shape index (κ2) is 7.25. The van der Waals surface area contributed by atoms with Crippen molar-refractivity contribution in [2.45, 2.75) is 19.8 Å². The SMILES string of the molecule is CC/C(=C\F)COc1ccc2c(c1)CCN(CP(=O)(O)O)C2=O. The number of benzene rings is 1. The van der Waals surface area contributed by atoms with E-state index in [2.05, 4.69) is 0 Å². The summed E-state index contributed by atoms with van der Waals surface area (Å²) in [6.45, 7) is 2.21. The van der Waals surface area contributed by atoms with Gasteiger partial charge in [0.05, 0.1) is 6.33 Å². The summed E-state index contributed by atoms with van der Waals surface area (Å²) in [5.41, 5.74) is 1.71. The molecule has 1 aliphatic heterocycles. The molecule has 0 saturated heterocycles. The summed E-state index contributed by atoms with van der Waals surface area (Å²) < 4.78 is 29.1. The molecule has 0 saturated carbocycles. The van der Waals surface area contributed by atoms with E-state index in [0.717, 1.165) is 10.5 Å². The Hall–Kier alpha value is -1.69. The molecule has 6 nitrogen and oxygen atoms in total. The largest absolute Gasteiger partial charge is 0.489 e. The highest BCUT2D eigenvalue weighted by Crippen LogP contribution is 2.37. The third kappa shape index (κ3) is 4.64. The lowest BCUT2D eigenvalue weighted by Gasteiger charge is -2.28. The third-order valence-electron chi connectivity index (χ3n) is 3.63. The number of ether oxygens (including phenoxy) is 1. The van der Waals surface area contributed by atoms with Gasteiger partial charge in [0, 0.05) is 12.1 Å². The van der Waals surface area contributed by atoms with Crippen molar-refractivity contribution in [2.24, 2.45) is 0 Å². The second-order valence-corrected chi connectivity index (χ2v) is 6.97. The number of amides is 1. The van der Waals surface area contributed by atoms with Crippen molar-refractivity contribution >= 4 is 13.5 Å². The molecule has 0 radical (unpaired) electrons. The van der Waals surface area contributed by atoms with E-state index in [0.29, 0.717) is 36.1 Å². The van der Waals surface area contributed by atoms with E-state index in [9.17, 15) is 13.8 Å². The number of halogens is 1. The summed E-state index contributed by atoms with van der Waals surface area (Å²) in [7, 11) is -4.28. The summed E-state index contributed by atoms with van der Waals surface area (Å²) in [5, 5.41) is 0. The highest BCUT2D eigenvalue weighted by molar-refractivity contribution is 7.51. The van der Waals surface area contributed by atoms with E-state index < -0.39 is 19.8 Å². The lowest BCUT2D eigenvalue weighted by molar-refractivity contribution is 0.0757. The van der Waals surface area contributed by atoms with Crippen molar-refractivity contribution in [3.63, 3.8) is 0 Å². The van der Waals surface area contributed by atoms with Crippen molar-refractivity contribution in [3.8, 4) is 5.75 Å². The van der Waals surface area contributed by atoms with Crippen LogP contribution in [0.25, 0.3) is 0 Å². The number of nitrogens with zero attached hydrogens (tertiary/aromatic N) is 1. The van der Waals surface area contributed by atoms with Gasteiger partial charge in [-0.3, -0.25) is 9.36 Å². The number of hydrogen-bond donors (Lipinski definition) is 2. The topological polar surface area (TPSA) is 87.1 Å². The van der Waals surface area contributed by atoms with Crippen LogP contribution in [0.3, 0.4) is 0 Å². The second-order valence-electron chi connectivity index (χ2n) is 5.35. The number of carbonyl (C=O) groups is 1. The Balaban J connectivity index is 2.11. The Bertz CT molecular complexity index is 670. The molecule has 0 aliphatic carbocycles. The minimum absolute atomic E-state index is 0.143.